The van der Waals surface area contributed by atoms with E-state index in [2.05, 4.69) is 16.3 Å². The second-order valence-electron chi connectivity index (χ2n) is 7.77. The molecular formula is C23H30N2O3S2. The fourth-order valence-electron chi connectivity index (χ4n) is 3.58. The molecule has 1 fully saturated rings. The van der Waals surface area contributed by atoms with Gasteiger partial charge >= 0.3 is 0 Å². The third kappa shape index (κ3) is 7.45. The van der Waals surface area contributed by atoms with E-state index in [0.717, 1.165) is 30.8 Å². The molecule has 7 heteroatoms. The Balaban J connectivity index is 1.48. The van der Waals surface area contributed by atoms with Gasteiger partial charge in [0.25, 0.3) is 0 Å². The van der Waals surface area contributed by atoms with Crippen LogP contribution < -0.4 is 5.32 Å². The number of nitrogens with zero attached hydrogens (tertiary/aromatic N) is 1. The molecule has 30 heavy (non-hydrogen) atoms. The van der Waals surface area contributed by atoms with Crippen molar-refractivity contribution >= 4 is 33.2 Å². The van der Waals surface area contributed by atoms with Gasteiger partial charge in [-0.1, -0.05) is 42.5 Å². The molecule has 0 radical (unpaired) electrons. The minimum atomic E-state index is -3.43. The number of rotatable bonds is 9. The zero-order valence-electron chi connectivity index (χ0n) is 17.5. The predicted octanol–water partition coefficient (Wildman–Crippen LogP) is 3.53. The maximum Gasteiger partial charge on any atom is 0.239 e. The van der Waals surface area contributed by atoms with E-state index in [-0.39, 0.29) is 5.75 Å². The van der Waals surface area contributed by atoms with Gasteiger partial charge in [0.2, 0.25) is 5.91 Å². The number of aryl methyl sites for hydroxylation is 2. The Hall–Kier alpha value is -1.83. The van der Waals surface area contributed by atoms with Gasteiger partial charge in [-0.25, -0.2) is 8.42 Å². The number of anilines is 1. The van der Waals surface area contributed by atoms with E-state index < -0.39 is 21.5 Å². The highest BCUT2D eigenvalue weighted by Gasteiger charge is 2.17. The van der Waals surface area contributed by atoms with Gasteiger partial charge in [-0.15, -0.1) is 0 Å². The van der Waals surface area contributed by atoms with E-state index in [1.807, 2.05) is 61.2 Å². The van der Waals surface area contributed by atoms with Crippen molar-refractivity contribution in [3.63, 3.8) is 0 Å². The number of hydrogen-bond donors (Lipinski definition) is 1. The zero-order chi connectivity index (χ0) is 21.4. The van der Waals surface area contributed by atoms with Crippen molar-refractivity contribution in [1.29, 1.82) is 0 Å². The van der Waals surface area contributed by atoms with Crippen LogP contribution in [-0.4, -0.2) is 55.3 Å². The molecule has 0 saturated carbocycles. The fraction of sp³-hybridized carbons (Fsp3) is 0.435. The minimum absolute atomic E-state index is 0.0152. The summed E-state index contributed by atoms with van der Waals surface area (Å²) in [5.41, 5.74) is 3.95. The van der Waals surface area contributed by atoms with Crippen molar-refractivity contribution in [2.24, 2.45) is 0 Å². The maximum atomic E-state index is 12.3. The summed E-state index contributed by atoms with van der Waals surface area (Å²) in [6, 6.07) is 15.7. The van der Waals surface area contributed by atoms with Crippen molar-refractivity contribution < 1.29 is 13.2 Å². The Morgan fingerprint density at radius 2 is 1.80 bits per heavy atom. The second kappa shape index (κ2) is 11.0. The predicted molar refractivity (Wildman–Crippen MR) is 126 cm³/mol. The minimum Gasteiger partial charge on any atom is -0.325 e. The lowest BCUT2D eigenvalue weighted by Crippen LogP contribution is -2.32. The van der Waals surface area contributed by atoms with Crippen molar-refractivity contribution in [2.45, 2.75) is 26.3 Å². The Kier molecular flexibility index (Phi) is 8.36. The van der Waals surface area contributed by atoms with Crippen LogP contribution >= 0.6 is 11.8 Å². The van der Waals surface area contributed by atoms with Crippen LogP contribution in [0.25, 0.3) is 0 Å². The van der Waals surface area contributed by atoms with Gasteiger partial charge in [-0.05, 0) is 42.5 Å². The molecule has 1 saturated heterocycles. The van der Waals surface area contributed by atoms with Gasteiger partial charge < -0.3 is 5.32 Å². The molecule has 2 aromatic rings. The number of nitrogens with one attached hydrogen (secondary N) is 1. The van der Waals surface area contributed by atoms with Crippen molar-refractivity contribution in [1.82, 2.24) is 4.90 Å². The first-order valence-corrected chi connectivity index (χ1v) is 13.3. The molecule has 1 aliphatic rings. The first-order chi connectivity index (χ1) is 14.4. The smallest absolute Gasteiger partial charge is 0.239 e. The van der Waals surface area contributed by atoms with E-state index in [0.29, 0.717) is 18.5 Å². The van der Waals surface area contributed by atoms with Gasteiger partial charge in [0, 0.05) is 36.8 Å². The Morgan fingerprint density at radius 3 is 2.50 bits per heavy atom. The van der Waals surface area contributed by atoms with Gasteiger partial charge in [0.1, 0.15) is 5.75 Å². The molecule has 1 heterocycles. The van der Waals surface area contributed by atoms with Crippen LogP contribution in [0.5, 0.6) is 0 Å². The molecule has 0 unspecified atom stereocenters. The van der Waals surface area contributed by atoms with E-state index in [4.69, 9.17) is 0 Å². The standard InChI is InChI=1S/C23H30N2O3S2/c1-19-16-21(17-25-11-13-29-14-12-25)9-10-22(19)24-23(26)18-30(27,28)15-5-8-20-6-3-2-4-7-20/h2-4,6-7,9-10,16H,5,8,11-15,17-18H2,1H3,(H,24,26). The van der Waals surface area contributed by atoms with Crippen LogP contribution in [0, 0.1) is 6.92 Å². The molecule has 5 nitrogen and oxygen atoms in total. The van der Waals surface area contributed by atoms with Crippen molar-refractivity contribution in [3.8, 4) is 0 Å². The topological polar surface area (TPSA) is 66.5 Å². The summed E-state index contributed by atoms with van der Waals surface area (Å²) in [5, 5.41) is 2.77. The third-order valence-electron chi connectivity index (χ3n) is 5.19. The number of carbonyl (C=O) groups is 1. The number of amides is 1. The summed E-state index contributed by atoms with van der Waals surface area (Å²) in [5.74, 6) is 1.41. The first kappa shape index (κ1) is 22.8. The highest BCUT2D eigenvalue weighted by molar-refractivity contribution is 7.99. The van der Waals surface area contributed by atoms with Crippen LogP contribution in [0.4, 0.5) is 5.69 Å². The molecule has 0 aromatic heterocycles. The summed E-state index contributed by atoms with van der Waals surface area (Å²) in [6.07, 6.45) is 1.21. The lowest BCUT2D eigenvalue weighted by atomic mass is 10.1. The molecular weight excluding hydrogens is 416 g/mol. The van der Waals surface area contributed by atoms with Crippen LogP contribution in [0.15, 0.2) is 48.5 Å². The average molecular weight is 447 g/mol. The Labute approximate surface area is 184 Å². The summed E-state index contributed by atoms with van der Waals surface area (Å²) in [7, 11) is -3.43. The number of benzene rings is 2. The molecule has 0 atom stereocenters. The zero-order valence-corrected chi connectivity index (χ0v) is 19.1. The lowest BCUT2D eigenvalue weighted by Gasteiger charge is -2.26. The average Bonchev–Trinajstić information content (AvgIpc) is 2.71. The summed E-state index contributed by atoms with van der Waals surface area (Å²) in [4.78, 5) is 14.8. The van der Waals surface area contributed by atoms with Crippen LogP contribution in [0.2, 0.25) is 0 Å². The Bertz CT molecular complexity index is 940. The number of carbonyl (C=O) groups excluding carboxylic acids is 1. The highest BCUT2D eigenvalue weighted by atomic mass is 32.2. The summed E-state index contributed by atoms with van der Waals surface area (Å²) in [6.45, 7) is 5.06. The fourth-order valence-corrected chi connectivity index (χ4v) is 5.76. The van der Waals surface area contributed by atoms with Crippen LogP contribution in [0.1, 0.15) is 23.1 Å². The third-order valence-corrected chi connectivity index (χ3v) is 7.74. The molecule has 0 aliphatic carbocycles. The van der Waals surface area contributed by atoms with Gasteiger partial charge in [0.05, 0.1) is 5.75 Å². The normalized spacial score (nSPS) is 15.1. The molecule has 3 rings (SSSR count). The molecule has 1 N–H and O–H groups in total. The van der Waals surface area contributed by atoms with Crippen molar-refractivity contribution in [2.75, 3.05) is 41.4 Å². The maximum absolute atomic E-state index is 12.3. The van der Waals surface area contributed by atoms with Gasteiger partial charge in [-0.2, -0.15) is 11.8 Å². The highest BCUT2D eigenvalue weighted by Crippen LogP contribution is 2.19. The number of thioether (sulfide) groups is 1. The molecule has 1 amide bonds. The SMILES string of the molecule is Cc1cc(CN2CCSCC2)ccc1NC(=O)CS(=O)(=O)CCCc1ccccc1. The lowest BCUT2D eigenvalue weighted by molar-refractivity contribution is -0.113. The molecule has 2 aromatic carbocycles. The Morgan fingerprint density at radius 1 is 1.07 bits per heavy atom. The van der Waals surface area contributed by atoms with E-state index in [9.17, 15) is 13.2 Å². The van der Waals surface area contributed by atoms with Crippen LogP contribution in [-0.2, 0) is 27.6 Å². The van der Waals surface area contributed by atoms with Crippen LogP contribution in [0.3, 0.4) is 0 Å². The van der Waals surface area contributed by atoms with E-state index >= 15 is 0 Å². The van der Waals surface area contributed by atoms with E-state index in [1.54, 1.807) is 0 Å². The largest absolute Gasteiger partial charge is 0.325 e. The molecule has 0 spiro atoms. The monoisotopic (exact) mass is 446 g/mol. The van der Waals surface area contributed by atoms with Gasteiger partial charge in [0.15, 0.2) is 9.84 Å². The summed E-state index contributed by atoms with van der Waals surface area (Å²) < 4.78 is 24.6. The quantitative estimate of drug-likeness (QED) is 0.638. The molecule has 1 aliphatic heterocycles. The number of hydrogen-bond acceptors (Lipinski definition) is 5. The molecule has 162 valence electrons. The summed E-state index contributed by atoms with van der Waals surface area (Å²) >= 11 is 1.99. The van der Waals surface area contributed by atoms with Gasteiger partial charge in [-0.3, -0.25) is 9.69 Å². The molecule has 0 bridgehead atoms. The van der Waals surface area contributed by atoms with Crippen molar-refractivity contribution in [3.05, 3.63) is 65.2 Å². The first-order valence-electron chi connectivity index (χ1n) is 10.4. The van der Waals surface area contributed by atoms with E-state index in [1.165, 1.54) is 17.1 Å². The second-order valence-corrected chi connectivity index (χ2v) is 11.2. The number of sulfone groups is 1.